The molecule has 10 heteroatoms. The van der Waals surface area contributed by atoms with E-state index in [9.17, 15) is 12.8 Å². The Morgan fingerprint density at radius 2 is 2.00 bits per heavy atom. The maximum atomic E-state index is 14.8. The molecule has 2 saturated heterocycles. The molecule has 4 rings (SSSR count). The summed E-state index contributed by atoms with van der Waals surface area (Å²) in [6.07, 6.45) is 4.65. The number of sulfonamides is 1. The molecule has 0 aliphatic carbocycles. The van der Waals surface area contributed by atoms with Crippen LogP contribution in [0.1, 0.15) is 44.2 Å². The van der Waals surface area contributed by atoms with Crippen molar-refractivity contribution in [3.05, 3.63) is 35.9 Å². The monoisotopic (exact) mass is 408 g/mol. The van der Waals surface area contributed by atoms with Gasteiger partial charge >= 0.3 is 0 Å². The third kappa shape index (κ3) is 3.88. The highest BCUT2D eigenvalue weighted by Gasteiger charge is 2.32. The van der Waals surface area contributed by atoms with E-state index in [0.717, 1.165) is 38.0 Å². The number of hydrogen-bond donors (Lipinski definition) is 0. The van der Waals surface area contributed by atoms with Crippen LogP contribution in [0.15, 0.2) is 24.5 Å². The SMILES string of the molecule is CC1CCCS(=O)(=O)N1Cc1ccc(N2CCC(n3ncnn3)CC2)cc1F. The second kappa shape index (κ2) is 7.75. The van der Waals surface area contributed by atoms with Crippen molar-refractivity contribution >= 4 is 15.7 Å². The van der Waals surface area contributed by atoms with Gasteiger partial charge in [0.15, 0.2) is 6.33 Å². The summed E-state index contributed by atoms with van der Waals surface area (Å²) < 4.78 is 40.9. The second-order valence-electron chi connectivity index (χ2n) is 7.60. The Balaban J connectivity index is 1.43. The van der Waals surface area contributed by atoms with Gasteiger partial charge in [0.1, 0.15) is 5.82 Å². The van der Waals surface area contributed by atoms with Crippen LogP contribution < -0.4 is 4.90 Å². The predicted octanol–water partition coefficient (Wildman–Crippen LogP) is 1.97. The lowest BCUT2D eigenvalue weighted by atomic mass is 10.0. The zero-order valence-corrected chi connectivity index (χ0v) is 16.7. The van der Waals surface area contributed by atoms with Gasteiger partial charge in [-0.05, 0) is 50.0 Å². The van der Waals surface area contributed by atoms with Crippen LogP contribution in [0.5, 0.6) is 0 Å². The minimum absolute atomic E-state index is 0.0929. The fourth-order valence-corrected chi connectivity index (χ4v) is 5.83. The van der Waals surface area contributed by atoms with Crippen molar-refractivity contribution in [1.29, 1.82) is 0 Å². The van der Waals surface area contributed by atoms with Gasteiger partial charge in [0.2, 0.25) is 10.0 Å². The average Bonchev–Trinajstić information content (AvgIpc) is 3.20. The van der Waals surface area contributed by atoms with Crippen LogP contribution in [-0.2, 0) is 16.6 Å². The van der Waals surface area contributed by atoms with E-state index in [4.69, 9.17) is 0 Å². The topological polar surface area (TPSA) is 84.2 Å². The predicted molar refractivity (Wildman–Crippen MR) is 103 cm³/mol. The first-order valence-corrected chi connectivity index (χ1v) is 11.3. The van der Waals surface area contributed by atoms with Crippen LogP contribution in [0.4, 0.5) is 10.1 Å². The molecule has 1 aromatic heterocycles. The maximum Gasteiger partial charge on any atom is 0.214 e. The first-order valence-electron chi connectivity index (χ1n) is 9.69. The Labute approximate surface area is 164 Å². The number of hydrogen-bond acceptors (Lipinski definition) is 6. The van der Waals surface area contributed by atoms with Crippen LogP contribution >= 0.6 is 0 Å². The van der Waals surface area contributed by atoms with E-state index in [1.54, 1.807) is 10.9 Å². The number of aromatic nitrogens is 4. The fraction of sp³-hybridized carbons (Fsp3) is 0.611. The Morgan fingerprint density at radius 1 is 1.21 bits per heavy atom. The molecule has 0 radical (unpaired) electrons. The van der Waals surface area contributed by atoms with E-state index in [-0.39, 0.29) is 30.2 Å². The highest BCUT2D eigenvalue weighted by Crippen LogP contribution is 2.28. The van der Waals surface area contributed by atoms with E-state index in [1.165, 1.54) is 16.7 Å². The molecule has 1 atom stereocenters. The molecule has 0 N–H and O–H groups in total. The third-order valence-corrected chi connectivity index (χ3v) is 7.77. The molecule has 8 nitrogen and oxygen atoms in total. The van der Waals surface area contributed by atoms with Crippen LogP contribution in [0.2, 0.25) is 0 Å². The molecule has 152 valence electrons. The van der Waals surface area contributed by atoms with Gasteiger partial charge in [0.25, 0.3) is 0 Å². The van der Waals surface area contributed by atoms with E-state index < -0.39 is 10.0 Å². The summed E-state index contributed by atoms with van der Waals surface area (Å²) >= 11 is 0. The number of rotatable bonds is 4. The number of nitrogens with zero attached hydrogens (tertiary/aromatic N) is 6. The number of benzene rings is 1. The van der Waals surface area contributed by atoms with Gasteiger partial charge in [-0.1, -0.05) is 6.07 Å². The zero-order chi connectivity index (χ0) is 19.7. The summed E-state index contributed by atoms with van der Waals surface area (Å²) in [6, 6.07) is 5.24. The van der Waals surface area contributed by atoms with Crippen LogP contribution in [0.25, 0.3) is 0 Å². The van der Waals surface area contributed by atoms with Gasteiger partial charge in [-0.2, -0.15) is 9.10 Å². The van der Waals surface area contributed by atoms with Gasteiger partial charge in [-0.3, -0.25) is 0 Å². The highest BCUT2D eigenvalue weighted by atomic mass is 32.2. The summed E-state index contributed by atoms with van der Waals surface area (Å²) in [5.41, 5.74) is 1.24. The van der Waals surface area contributed by atoms with E-state index in [2.05, 4.69) is 20.3 Å². The molecule has 2 aliphatic rings. The Kier molecular flexibility index (Phi) is 5.33. The lowest BCUT2D eigenvalue weighted by molar-refractivity contribution is 0.293. The van der Waals surface area contributed by atoms with Crippen molar-refractivity contribution in [3.8, 4) is 0 Å². The molecule has 0 amide bonds. The molecule has 1 unspecified atom stereocenters. The van der Waals surface area contributed by atoms with Gasteiger partial charge in [-0.25, -0.2) is 12.8 Å². The average molecular weight is 409 g/mol. The molecule has 28 heavy (non-hydrogen) atoms. The lowest BCUT2D eigenvalue weighted by Gasteiger charge is -2.34. The Hall–Kier alpha value is -2.07. The van der Waals surface area contributed by atoms with E-state index in [1.807, 2.05) is 13.0 Å². The molecular formula is C18H25FN6O2S. The van der Waals surface area contributed by atoms with E-state index in [0.29, 0.717) is 12.0 Å². The molecule has 0 bridgehead atoms. The highest BCUT2D eigenvalue weighted by molar-refractivity contribution is 7.89. The molecule has 0 spiro atoms. The van der Waals surface area contributed by atoms with Crippen molar-refractivity contribution in [2.45, 2.75) is 51.2 Å². The van der Waals surface area contributed by atoms with Crippen molar-refractivity contribution in [1.82, 2.24) is 24.5 Å². The number of halogens is 1. The molecule has 3 heterocycles. The van der Waals surface area contributed by atoms with Crippen molar-refractivity contribution in [2.24, 2.45) is 0 Å². The summed E-state index contributed by atoms with van der Waals surface area (Å²) in [5.74, 6) is -0.211. The minimum atomic E-state index is -3.31. The summed E-state index contributed by atoms with van der Waals surface area (Å²) in [4.78, 5) is 3.78. The molecule has 0 saturated carbocycles. The molecular weight excluding hydrogens is 383 g/mol. The fourth-order valence-electron chi connectivity index (χ4n) is 4.08. The number of tetrazole rings is 1. The van der Waals surface area contributed by atoms with Crippen molar-refractivity contribution in [2.75, 3.05) is 23.7 Å². The maximum absolute atomic E-state index is 14.8. The van der Waals surface area contributed by atoms with Gasteiger partial charge in [-0.15, -0.1) is 10.2 Å². The quantitative estimate of drug-likeness (QED) is 0.769. The van der Waals surface area contributed by atoms with E-state index >= 15 is 0 Å². The molecule has 2 aromatic rings. The van der Waals surface area contributed by atoms with Gasteiger partial charge in [0, 0.05) is 36.9 Å². The van der Waals surface area contributed by atoms with Gasteiger partial charge < -0.3 is 4.90 Å². The van der Waals surface area contributed by atoms with Crippen molar-refractivity contribution < 1.29 is 12.8 Å². The van der Waals surface area contributed by atoms with Gasteiger partial charge in [0.05, 0.1) is 11.8 Å². The largest absolute Gasteiger partial charge is 0.371 e. The first-order chi connectivity index (χ1) is 13.4. The summed E-state index contributed by atoms with van der Waals surface area (Å²) in [6.45, 7) is 3.54. The molecule has 1 aromatic carbocycles. The first kappa shape index (κ1) is 19.3. The zero-order valence-electron chi connectivity index (χ0n) is 15.9. The number of anilines is 1. The molecule has 2 aliphatic heterocycles. The minimum Gasteiger partial charge on any atom is -0.371 e. The normalized spacial score (nSPS) is 23.8. The summed E-state index contributed by atoms with van der Waals surface area (Å²) in [5, 5.41) is 11.8. The Morgan fingerprint density at radius 3 is 2.64 bits per heavy atom. The van der Waals surface area contributed by atoms with Crippen LogP contribution in [0, 0.1) is 5.82 Å². The lowest BCUT2D eigenvalue weighted by Crippen LogP contribution is -2.43. The smallest absolute Gasteiger partial charge is 0.214 e. The second-order valence-corrected chi connectivity index (χ2v) is 9.64. The molecule has 2 fully saturated rings. The Bertz CT molecular complexity index is 912. The van der Waals surface area contributed by atoms with Crippen LogP contribution in [0.3, 0.4) is 0 Å². The standard InChI is InChI=1S/C18H25FN6O2S/c1-14-3-2-10-28(26,27)24(14)12-15-4-5-17(11-18(15)19)23-8-6-16(7-9-23)25-21-13-20-22-25/h4-5,11,13-14,16H,2-3,6-10,12H2,1H3. The van der Waals surface area contributed by atoms with Crippen LogP contribution in [-0.4, -0.2) is 57.8 Å². The third-order valence-electron chi connectivity index (χ3n) is 5.76. The van der Waals surface area contributed by atoms with Crippen molar-refractivity contribution in [3.63, 3.8) is 0 Å². The summed E-state index contributed by atoms with van der Waals surface area (Å²) in [7, 11) is -3.31. The number of piperidine rings is 1.